The molecule has 0 bridgehead atoms. The number of methoxy groups -OCH3 is 2. The molecule has 0 radical (unpaired) electrons. The molecule has 1 aromatic rings. The first-order valence-corrected chi connectivity index (χ1v) is 7.16. The Morgan fingerprint density at radius 1 is 1.10 bits per heavy atom. The van der Waals surface area contributed by atoms with E-state index in [0.29, 0.717) is 19.1 Å². The van der Waals surface area contributed by atoms with Crippen LogP contribution in [0.5, 0.6) is 11.5 Å². The van der Waals surface area contributed by atoms with Crippen molar-refractivity contribution >= 4 is 0 Å². The van der Waals surface area contributed by atoms with E-state index in [9.17, 15) is 0 Å². The summed E-state index contributed by atoms with van der Waals surface area (Å²) in [7, 11) is 3.37. The van der Waals surface area contributed by atoms with Crippen molar-refractivity contribution in [3.8, 4) is 11.5 Å². The van der Waals surface area contributed by atoms with Gasteiger partial charge < -0.3 is 19.5 Å². The molecule has 1 rings (SSSR count). The smallest absolute Gasteiger partial charge is 0.161 e. The zero-order valence-corrected chi connectivity index (χ0v) is 13.1. The molecule has 1 N–H and O–H groups in total. The summed E-state index contributed by atoms with van der Waals surface area (Å²) in [5.74, 6) is 2.24. The fraction of sp³-hybridized carbons (Fsp3) is 0.625. The molecule has 114 valence electrons. The van der Waals surface area contributed by atoms with Gasteiger partial charge in [0.05, 0.1) is 20.3 Å². The van der Waals surface area contributed by atoms with Gasteiger partial charge in [0.2, 0.25) is 0 Å². The van der Waals surface area contributed by atoms with Gasteiger partial charge in [0, 0.05) is 20.2 Å². The third-order valence-electron chi connectivity index (χ3n) is 2.99. The van der Waals surface area contributed by atoms with Gasteiger partial charge in [-0.3, -0.25) is 0 Å². The number of ether oxygens (including phenoxy) is 3. The third-order valence-corrected chi connectivity index (χ3v) is 2.99. The number of hydrogen-bond acceptors (Lipinski definition) is 4. The highest BCUT2D eigenvalue weighted by atomic mass is 16.5. The Labute approximate surface area is 122 Å². The predicted molar refractivity (Wildman–Crippen MR) is 81.5 cm³/mol. The molecule has 0 aliphatic rings. The monoisotopic (exact) mass is 281 g/mol. The Kier molecular flexibility index (Phi) is 8.07. The van der Waals surface area contributed by atoms with Crippen molar-refractivity contribution in [2.75, 3.05) is 34.0 Å². The Hall–Kier alpha value is -1.26. The van der Waals surface area contributed by atoms with Crippen LogP contribution >= 0.6 is 0 Å². The zero-order chi connectivity index (χ0) is 14.8. The van der Waals surface area contributed by atoms with E-state index in [1.54, 1.807) is 14.2 Å². The first-order chi connectivity index (χ1) is 9.67. The third kappa shape index (κ3) is 6.26. The van der Waals surface area contributed by atoms with Crippen LogP contribution in [0.2, 0.25) is 0 Å². The second-order valence-electron chi connectivity index (χ2n) is 5.19. The van der Waals surface area contributed by atoms with Crippen molar-refractivity contribution in [1.29, 1.82) is 0 Å². The lowest BCUT2D eigenvalue weighted by molar-refractivity contribution is 0.199. The van der Waals surface area contributed by atoms with Gasteiger partial charge in [-0.15, -0.1) is 0 Å². The van der Waals surface area contributed by atoms with E-state index in [1.165, 1.54) is 5.56 Å². The van der Waals surface area contributed by atoms with Crippen molar-refractivity contribution in [2.24, 2.45) is 5.92 Å². The fourth-order valence-corrected chi connectivity index (χ4v) is 1.76. The second-order valence-corrected chi connectivity index (χ2v) is 5.19. The zero-order valence-electron chi connectivity index (χ0n) is 13.1. The standard InChI is InChI=1S/C16H27NO3/c1-13(2)7-9-20-16-11-14(5-6-15(16)19-4)12-17-8-10-18-3/h5-6,11,13,17H,7-10,12H2,1-4H3. The summed E-state index contributed by atoms with van der Waals surface area (Å²) in [5, 5.41) is 3.32. The number of rotatable bonds is 10. The summed E-state index contributed by atoms with van der Waals surface area (Å²) in [6.45, 7) is 7.45. The molecule has 0 spiro atoms. The molecule has 4 nitrogen and oxygen atoms in total. The van der Waals surface area contributed by atoms with Crippen LogP contribution in [0, 0.1) is 5.92 Å². The minimum absolute atomic E-state index is 0.639. The fourth-order valence-electron chi connectivity index (χ4n) is 1.76. The van der Waals surface area contributed by atoms with Gasteiger partial charge in [-0.05, 0) is 30.0 Å². The molecular weight excluding hydrogens is 254 g/mol. The molecule has 0 saturated carbocycles. The average Bonchev–Trinajstić information content (AvgIpc) is 2.43. The van der Waals surface area contributed by atoms with Gasteiger partial charge in [0.25, 0.3) is 0 Å². The quantitative estimate of drug-likeness (QED) is 0.669. The second kappa shape index (κ2) is 9.61. The van der Waals surface area contributed by atoms with Crippen LogP contribution < -0.4 is 14.8 Å². The van der Waals surface area contributed by atoms with Crippen LogP contribution in [0.1, 0.15) is 25.8 Å². The Balaban J connectivity index is 2.55. The summed E-state index contributed by atoms with van der Waals surface area (Å²) in [6.07, 6.45) is 1.04. The highest BCUT2D eigenvalue weighted by molar-refractivity contribution is 5.42. The van der Waals surface area contributed by atoms with Gasteiger partial charge in [-0.2, -0.15) is 0 Å². The molecule has 0 aliphatic heterocycles. The lowest BCUT2D eigenvalue weighted by Crippen LogP contribution is -2.18. The Morgan fingerprint density at radius 2 is 1.90 bits per heavy atom. The number of nitrogens with one attached hydrogen (secondary N) is 1. The van der Waals surface area contributed by atoms with E-state index in [4.69, 9.17) is 14.2 Å². The van der Waals surface area contributed by atoms with E-state index in [2.05, 4.69) is 19.2 Å². The topological polar surface area (TPSA) is 39.7 Å². The average molecular weight is 281 g/mol. The molecule has 0 fully saturated rings. The van der Waals surface area contributed by atoms with Crippen molar-refractivity contribution < 1.29 is 14.2 Å². The Morgan fingerprint density at radius 3 is 2.55 bits per heavy atom. The highest BCUT2D eigenvalue weighted by Gasteiger charge is 2.06. The van der Waals surface area contributed by atoms with Crippen LogP contribution in [0.15, 0.2) is 18.2 Å². The number of benzene rings is 1. The Bertz CT molecular complexity index is 380. The summed E-state index contributed by atoms with van der Waals surface area (Å²) < 4.78 is 16.2. The SMILES string of the molecule is COCCNCc1ccc(OC)c(OCCC(C)C)c1. The highest BCUT2D eigenvalue weighted by Crippen LogP contribution is 2.28. The maximum absolute atomic E-state index is 5.83. The van der Waals surface area contributed by atoms with E-state index in [-0.39, 0.29) is 0 Å². The van der Waals surface area contributed by atoms with Crippen LogP contribution in [-0.4, -0.2) is 34.0 Å². The van der Waals surface area contributed by atoms with E-state index in [0.717, 1.165) is 31.0 Å². The van der Waals surface area contributed by atoms with Crippen LogP contribution in [-0.2, 0) is 11.3 Å². The van der Waals surface area contributed by atoms with Gasteiger partial charge in [0.1, 0.15) is 0 Å². The predicted octanol–water partition coefficient (Wildman–Crippen LogP) is 2.86. The first kappa shape index (κ1) is 16.8. The van der Waals surface area contributed by atoms with Crippen LogP contribution in [0.4, 0.5) is 0 Å². The lowest BCUT2D eigenvalue weighted by Gasteiger charge is -2.13. The van der Waals surface area contributed by atoms with Crippen molar-refractivity contribution in [1.82, 2.24) is 5.32 Å². The molecular formula is C16H27NO3. The summed E-state index contributed by atoms with van der Waals surface area (Å²) in [4.78, 5) is 0. The van der Waals surface area contributed by atoms with Gasteiger partial charge in [-0.25, -0.2) is 0 Å². The minimum atomic E-state index is 0.639. The molecule has 0 unspecified atom stereocenters. The van der Waals surface area contributed by atoms with Gasteiger partial charge >= 0.3 is 0 Å². The van der Waals surface area contributed by atoms with E-state index in [1.807, 2.05) is 18.2 Å². The normalized spacial score (nSPS) is 10.8. The van der Waals surface area contributed by atoms with Crippen LogP contribution in [0.25, 0.3) is 0 Å². The van der Waals surface area contributed by atoms with E-state index < -0.39 is 0 Å². The maximum atomic E-state index is 5.83. The molecule has 20 heavy (non-hydrogen) atoms. The molecule has 0 aromatic heterocycles. The summed E-state index contributed by atoms with van der Waals surface area (Å²) in [5.41, 5.74) is 1.18. The van der Waals surface area contributed by atoms with Crippen molar-refractivity contribution in [2.45, 2.75) is 26.8 Å². The molecule has 0 atom stereocenters. The molecule has 1 aromatic carbocycles. The van der Waals surface area contributed by atoms with Gasteiger partial charge in [-0.1, -0.05) is 19.9 Å². The number of hydrogen-bond donors (Lipinski definition) is 1. The molecule has 4 heteroatoms. The molecule has 0 heterocycles. The largest absolute Gasteiger partial charge is 0.493 e. The molecule has 0 saturated heterocycles. The molecule has 0 amide bonds. The van der Waals surface area contributed by atoms with Crippen molar-refractivity contribution in [3.63, 3.8) is 0 Å². The lowest BCUT2D eigenvalue weighted by atomic mass is 10.1. The maximum Gasteiger partial charge on any atom is 0.161 e. The van der Waals surface area contributed by atoms with Gasteiger partial charge in [0.15, 0.2) is 11.5 Å². The first-order valence-electron chi connectivity index (χ1n) is 7.16. The summed E-state index contributed by atoms with van der Waals surface area (Å²) in [6, 6.07) is 6.05. The van der Waals surface area contributed by atoms with E-state index >= 15 is 0 Å². The van der Waals surface area contributed by atoms with Crippen molar-refractivity contribution in [3.05, 3.63) is 23.8 Å². The molecule has 0 aliphatic carbocycles. The van der Waals surface area contributed by atoms with Crippen LogP contribution in [0.3, 0.4) is 0 Å². The minimum Gasteiger partial charge on any atom is -0.493 e. The summed E-state index contributed by atoms with van der Waals surface area (Å²) >= 11 is 0.